The van der Waals surface area contributed by atoms with Crippen LogP contribution in [-0.2, 0) is 11.3 Å². The normalized spacial score (nSPS) is 10.5. The molecule has 0 radical (unpaired) electrons. The molecule has 2 N–H and O–H groups in total. The number of unbranched alkanes of at least 4 members (excludes halogenated alkanes) is 1. The highest BCUT2D eigenvalue weighted by Gasteiger charge is 1.99. The molecule has 0 unspecified atom stereocenters. The smallest absolute Gasteiger partial charge is 0.303 e. The molecule has 0 aromatic carbocycles. The van der Waals surface area contributed by atoms with Gasteiger partial charge in [0.2, 0.25) is 0 Å². The van der Waals surface area contributed by atoms with E-state index >= 15 is 0 Å². The van der Waals surface area contributed by atoms with Gasteiger partial charge in [-0.2, -0.15) is 11.3 Å². The summed E-state index contributed by atoms with van der Waals surface area (Å²) in [7, 11) is 0. The summed E-state index contributed by atoms with van der Waals surface area (Å²) < 4.78 is 0. The second-order valence-corrected chi connectivity index (χ2v) is 4.35. The third kappa shape index (κ3) is 4.95. The molecule has 1 aromatic rings. The average Bonchev–Trinajstić information content (AvgIpc) is 2.57. The first-order chi connectivity index (χ1) is 7.20. The molecule has 0 aliphatic heterocycles. The summed E-state index contributed by atoms with van der Waals surface area (Å²) >= 11 is 1.72. The molecule has 1 aromatic heterocycles. The van der Waals surface area contributed by atoms with Crippen molar-refractivity contribution in [2.45, 2.75) is 32.7 Å². The van der Waals surface area contributed by atoms with Crippen molar-refractivity contribution in [1.29, 1.82) is 0 Å². The van der Waals surface area contributed by atoms with Gasteiger partial charge in [0.1, 0.15) is 0 Å². The Morgan fingerprint density at radius 1 is 1.47 bits per heavy atom. The fourth-order valence-electron chi connectivity index (χ4n) is 1.32. The lowest BCUT2D eigenvalue weighted by Gasteiger charge is -2.03. The maximum absolute atomic E-state index is 10.2. The van der Waals surface area contributed by atoms with Gasteiger partial charge >= 0.3 is 5.97 Å². The van der Waals surface area contributed by atoms with Gasteiger partial charge < -0.3 is 10.4 Å². The van der Waals surface area contributed by atoms with E-state index in [0.29, 0.717) is 0 Å². The first-order valence-electron chi connectivity index (χ1n) is 5.14. The fourth-order valence-corrected chi connectivity index (χ4v) is 2.17. The van der Waals surface area contributed by atoms with Crippen LogP contribution in [0.4, 0.5) is 0 Å². The molecule has 0 aliphatic carbocycles. The summed E-state index contributed by atoms with van der Waals surface area (Å²) in [5, 5.41) is 16.0. The van der Waals surface area contributed by atoms with E-state index in [2.05, 4.69) is 23.0 Å². The Hall–Kier alpha value is -0.870. The van der Waals surface area contributed by atoms with Crippen LogP contribution in [0, 0.1) is 6.92 Å². The molecule has 3 nitrogen and oxygen atoms in total. The molecule has 0 amide bonds. The second-order valence-electron chi connectivity index (χ2n) is 3.61. The van der Waals surface area contributed by atoms with Gasteiger partial charge in [-0.25, -0.2) is 0 Å². The van der Waals surface area contributed by atoms with Gasteiger partial charge in [-0.3, -0.25) is 4.79 Å². The van der Waals surface area contributed by atoms with Crippen molar-refractivity contribution in [3.63, 3.8) is 0 Å². The zero-order valence-corrected chi connectivity index (χ0v) is 9.77. The van der Waals surface area contributed by atoms with Crippen molar-refractivity contribution in [2.75, 3.05) is 6.54 Å². The minimum atomic E-state index is -0.705. The molecular weight excluding hydrogens is 210 g/mol. The molecule has 1 rings (SSSR count). The van der Waals surface area contributed by atoms with Crippen LogP contribution >= 0.6 is 11.3 Å². The quantitative estimate of drug-likeness (QED) is 0.703. The molecule has 84 valence electrons. The Bertz CT molecular complexity index is 309. The number of aryl methyl sites for hydroxylation is 1. The molecule has 0 saturated heterocycles. The topological polar surface area (TPSA) is 49.3 Å². The summed E-state index contributed by atoms with van der Waals surface area (Å²) in [5.41, 5.74) is 2.68. The van der Waals surface area contributed by atoms with E-state index in [1.807, 2.05) is 0 Å². The van der Waals surface area contributed by atoms with E-state index < -0.39 is 5.97 Å². The first kappa shape index (κ1) is 12.2. The number of rotatable bonds is 7. The van der Waals surface area contributed by atoms with E-state index in [1.54, 1.807) is 11.3 Å². The number of carboxylic acid groups (broad SMARTS) is 1. The Kier molecular flexibility index (Phi) is 5.36. The Balaban J connectivity index is 2.03. The predicted molar refractivity (Wildman–Crippen MR) is 62.2 cm³/mol. The van der Waals surface area contributed by atoms with Crippen molar-refractivity contribution in [3.05, 3.63) is 21.9 Å². The Morgan fingerprint density at radius 3 is 2.87 bits per heavy atom. The van der Waals surface area contributed by atoms with Crippen molar-refractivity contribution < 1.29 is 9.90 Å². The predicted octanol–water partition coefficient (Wildman–Crippen LogP) is 2.40. The molecule has 15 heavy (non-hydrogen) atoms. The molecule has 0 spiro atoms. The second kappa shape index (κ2) is 6.58. The number of hydrogen-bond acceptors (Lipinski definition) is 3. The SMILES string of the molecule is Cc1cscc1CNCCCCC(=O)O. The van der Waals surface area contributed by atoms with Crippen molar-refractivity contribution in [1.82, 2.24) is 5.32 Å². The molecule has 0 fully saturated rings. The van der Waals surface area contributed by atoms with Gasteiger partial charge in [0.15, 0.2) is 0 Å². The van der Waals surface area contributed by atoms with E-state index in [0.717, 1.165) is 25.9 Å². The number of carbonyl (C=O) groups is 1. The fraction of sp³-hybridized carbons (Fsp3) is 0.545. The Labute approximate surface area is 94.1 Å². The van der Waals surface area contributed by atoms with Crippen LogP contribution in [0.1, 0.15) is 30.4 Å². The number of thiophene rings is 1. The van der Waals surface area contributed by atoms with Gasteiger partial charge in [0, 0.05) is 13.0 Å². The molecule has 4 heteroatoms. The summed E-state index contributed by atoms with van der Waals surface area (Å²) in [6, 6.07) is 0. The molecule has 0 aliphatic rings. The summed E-state index contributed by atoms with van der Waals surface area (Å²) in [6.45, 7) is 3.89. The third-order valence-corrected chi connectivity index (χ3v) is 3.18. The molecule has 1 heterocycles. The van der Waals surface area contributed by atoms with Crippen LogP contribution in [-0.4, -0.2) is 17.6 Å². The van der Waals surface area contributed by atoms with Gasteiger partial charge in [0.05, 0.1) is 0 Å². The van der Waals surface area contributed by atoms with Crippen LogP contribution in [0.25, 0.3) is 0 Å². The summed E-state index contributed by atoms with van der Waals surface area (Å²) in [6.07, 6.45) is 1.96. The lowest BCUT2D eigenvalue weighted by atomic mass is 10.2. The van der Waals surface area contributed by atoms with Gasteiger partial charge in [-0.1, -0.05) is 0 Å². The summed E-state index contributed by atoms with van der Waals surface area (Å²) in [4.78, 5) is 10.2. The van der Waals surface area contributed by atoms with Gasteiger partial charge in [0.25, 0.3) is 0 Å². The maximum atomic E-state index is 10.2. The average molecular weight is 227 g/mol. The van der Waals surface area contributed by atoms with Crippen LogP contribution in [0.2, 0.25) is 0 Å². The highest BCUT2D eigenvalue weighted by Crippen LogP contribution is 2.12. The number of carboxylic acids is 1. The molecule has 0 bridgehead atoms. The maximum Gasteiger partial charge on any atom is 0.303 e. The zero-order chi connectivity index (χ0) is 11.1. The first-order valence-corrected chi connectivity index (χ1v) is 6.08. The largest absolute Gasteiger partial charge is 0.481 e. The number of aliphatic carboxylic acids is 1. The monoisotopic (exact) mass is 227 g/mol. The molecule has 0 saturated carbocycles. The van der Waals surface area contributed by atoms with E-state index in [1.165, 1.54) is 11.1 Å². The van der Waals surface area contributed by atoms with Crippen LogP contribution in [0.5, 0.6) is 0 Å². The van der Waals surface area contributed by atoms with Crippen LogP contribution < -0.4 is 5.32 Å². The highest BCUT2D eigenvalue weighted by molar-refractivity contribution is 7.08. The van der Waals surface area contributed by atoms with Crippen molar-refractivity contribution in [2.24, 2.45) is 0 Å². The minimum absolute atomic E-state index is 0.277. The lowest BCUT2D eigenvalue weighted by Crippen LogP contribution is -2.15. The number of hydrogen-bond donors (Lipinski definition) is 2. The van der Waals surface area contributed by atoms with E-state index in [-0.39, 0.29) is 6.42 Å². The lowest BCUT2D eigenvalue weighted by molar-refractivity contribution is -0.137. The molecular formula is C11H17NO2S. The highest BCUT2D eigenvalue weighted by atomic mass is 32.1. The third-order valence-electron chi connectivity index (χ3n) is 2.27. The van der Waals surface area contributed by atoms with Gasteiger partial charge in [-0.05, 0) is 48.2 Å². The standard InChI is InChI=1S/C11H17NO2S/c1-9-7-15-8-10(9)6-12-5-3-2-4-11(13)14/h7-8,12H,2-6H2,1H3,(H,13,14). The van der Waals surface area contributed by atoms with Gasteiger partial charge in [-0.15, -0.1) is 0 Å². The summed E-state index contributed by atoms with van der Waals surface area (Å²) in [5.74, 6) is -0.705. The zero-order valence-electron chi connectivity index (χ0n) is 8.95. The molecule has 0 atom stereocenters. The number of nitrogens with one attached hydrogen (secondary N) is 1. The minimum Gasteiger partial charge on any atom is -0.481 e. The van der Waals surface area contributed by atoms with E-state index in [4.69, 9.17) is 5.11 Å². The van der Waals surface area contributed by atoms with Crippen LogP contribution in [0.3, 0.4) is 0 Å². The van der Waals surface area contributed by atoms with E-state index in [9.17, 15) is 4.79 Å². The van der Waals surface area contributed by atoms with Crippen molar-refractivity contribution >= 4 is 17.3 Å². The van der Waals surface area contributed by atoms with Crippen LogP contribution in [0.15, 0.2) is 10.8 Å². The Morgan fingerprint density at radius 2 is 2.27 bits per heavy atom. The van der Waals surface area contributed by atoms with Crippen molar-refractivity contribution in [3.8, 4) is 0 Å².